The molecule has 0 aliphatic carbocycles. The Morgan fingerprint density at radius 1 is 1.30 bits per heavy atom. The quantitative estimate of drug-likeness (QED) is 0.816. The molecule has 2 amide bonds. The van der Waals surface area contributed by atoms with Crippen molar-refractivity contribution in [3.8, 4) is 5.75 Å². The molecule has 0 radical (unpaired) electrons. The van der Waals surface area contributed by atoms with Crippen molar-refractivity contribution in [2.45, 2.75) is 32.6 Å². The maximum atomic E-state index is 12.1. The molecule has 1 aliphatic heterocycles. The summed E-state index contributed by atoms with van der Waals surface area (Å²) in [4.78, 5) is 25.8. The zero-order chi connectivity index (χ0) is 16.7. The van der Waals surface area contributed by atoms with E-state index in [9.17, 15) is 9.59 Å². The van der Waals surface area contributed by atoms with Gasteiger partial charge in [0.25, 0.3) is 0 Å². The lowest BCUT2D eigenvalue weighted by Gasteiger charge is -2.30. The normalized spacial score (nSPS) is 15.3. The third-order valence-corrected chi connectivity index (χ3v) is 4.32. The maximum Gasteiger partial charge on any atom is 0.232 e. The fourth-order valence-electron chi connectivity index (χ4n) is 2.74. The molecule has 1 heterocycles. The molecule has 0 saturated carbocycles. The predicted molar refractivity (Wildman–Crippen MR) is 89.3 cm³/mol. The zero-order valence-electron chi connectivity index (χ0n) is 14.0. The highest BCUT2D eigenvalue weighted by molar-refractivity contribution is 5.96. The van der Waals surface area contributed by atoms with Crippen LogP contribution in [0.25, 0.3) is 0 Å². The van der Waals surface area contributed by atoms with Gasteiger partial charge in [0.1, 0.15) is 12.2 Å². The molecule has 1 N–H and O–H groups in total. The van der Waals surface area contributed by atoms with Crippen molar-refractivity contribution >= 4 is 11.8 Å². The minimum absolute atomic E-state index is 0.0491. The molecule has 0 unspecified atom stereocenters. The zero-order valence-corrected chi connectivity index (χ0v) is 14.0. The van der Waals surface area contributed by atoms with Gasteiger partial charge in [-0.3, -0.25) is 9.59 Å². The van der Waals surface area contributed by atoms with E-state index in [0.717, 1.165) is 43.7 Å². The van der Waals surface area contributed by atoms with Crippen molar-refractivity contribution in [3.05, 3.63) is 29.8 Å². The van der Waals surface area contributed by atoms with Crippen LogP contribution in [0, 0.1) is 5.92 Å². The first kappa shape index (κ1) is 17.3. The van der Waals surface area contributed by atoms with Crippen LogP contribution in [0.3, 0.4) is 0 Å². The van der Waals surface area contributed by atoms with Crippen LogP contribution in [-0.4, -0.2) is 43.5 Å². The Labute approximate surface area is 138 Å². The topological polar surface area (TPSA) is 58.6 Å². The third kappa shape index (κ3) is 5.58. The number of piperidine rings is 1. The van der Waals surface area contributed by atoms with E-state index < -0.39 is 0 Å². The first-order valence-electron chi connectivity index (χ1n) is 8.26. The number of hydrogen-bond donors (Lipinski definition) is 1. The van der Waals surface area contributed by atoms with E-state index in [2.05, 4.69) is 12.2 Å². The molecular formula is C18H26N2O3. The summed E-state index contributed by atoms with van der Waals surface area (Å²) in [6, 6.07) is 7.76. The number of likely N-dealkylation sites (tertiary alicyclic amines) is 1. The van der Waals surface area contributed by atoms with Gasteiger partial charge in [0.15, 0.2) is 0 Å². The van der Waals surface area contributed by atoms with Crippen LogP contribution in [0.1, 0.15) is 31.7 Å². The number of methoxy groups -OCH3 is 1. The van der Waals surface area contributed by atoms with Crippen LogP contribution in [0.5, 0.6) is 5.75 Å². The van der Waals surface area contributed by atoms with Gasteiger partial charge in [-0.1, -0.05) is 19.1 Å². The molecule has 1 aromatic rings. The number of carbonyl (C=O) groups excluding carboxylic acids is 2. The largest absolute Gasteiger partial charge is 0.497 e. The molecule has 1 fully saturated rings. The number of amides is 2. The molecule has 23 heavy (non-hydrogen) atoms. The fourth-order valence-corrected chi connectivity index (χ4v) is 2.74. The molecule has 0 aromatic heterocycles. The summed E-state index contributed by atoms with van der Waals surface area (Å²) in [5.41, 5.74) is 1.10. The van der Waals surface area contributed by atoms with Crippen LogP contribution in [0.15, 0.2) is 24.3 Å². The van der Waals surface area contributed by atoms with Gasteiger partial charge in [-0.25, -0.2) is 0 Å². The Hall–Kier alpha value is -2.04. The number of hydrogen-bond acceptors (Lipinski definition) is 3. The van der Waals surface area contributed by atoms with Crippen molar-refractivity contribution in [1.82, 2.24) is 10.2 Å². The Morgan fingerprint density at radius 2 is 2.04 bits per heavy atom. The molecule has 2 rings (SSSR count). The van der Waals surface area contributed by atoms with Crippen molar-refractivity contribution in [1.29, 1.82) is 0 Å². The fraction of sp³-hybridized carbons (Fsp3) is 0.556. The van der Waals surface area contributed by atoms with Gasteiger partial charge in [-0.15, -0.1) is 0 Å². The number of nitrogens with zero attached hydrogens (tertiary/aromatic N) is 1. The lowest BCUT2D eigenvalue weighted by Crippen LogP contribution is -2.40. The van der Waals surface area contributed by atoms with E-state index in [-0.39, 0.29) is 18.2 Å². The van der Waals surface area contributed by atoms with E-state index in [1.165, 1.54) is 0 Å². The standard InChI is InChI=1S/C18H26N2O3/c1-14-7-10-20(11-8-14)18(22)13-17(21)19-9-6-15-4-3-5-16(12-15)23-2/h3-5,12,14H,6-11,13H2,1-2H3,(H,19,21). The van der Waals surface area contributed by atoms with Crippen LogP contribution < -0.4 is 10.1 Å². The first-order valence-corrected chi connectivity index (χ1v) is 8.26. The van der Waals surface area contributed by atoms with Crippen LogP contribution in [0.4, 0.5) is 0 Å². The van der Waals surface area contributed by atoms with Gasteiger partial charge in [-0.2, -0.15) is 0 Å². The van der Waals surface area contributed by atoms with Gasteiger partial charge < -0.3 is 15.0 Å². The monoisotopic (exact) mass is 318 g/mol. The van der Waals surface area contributed by atoms with Gasteiger partial charge in [0.05, 0.1) is 7.11 Å². The maximum absolute atomic E-state index is 12.1. The van der Waals surface area contributed by atoms with Gasteiger partial charge in [0.2, 0.25) is 11.8 Å². The molecule has 1 aromatic carbocycles. The summed E-state index contributed by atoms with van der Waals surface area (Å²) in [7, 11) is 1.63. The first-order chi connectivity index (χ1) is 11.1. The third-order valence-electron chi connectivity index (χ3n) is 4.32. The molecule has 0 atom stereocenters. The van der Waals surface area contributed by atoms with Crippen molar-refractivity contribution in [3.63, 3.8) is 0 Å². The number of ether oxygens (including phenoxy) is 1. The summed E-state index contributed by atoms with van der Waals surface area (Å²) in [5, 5.41) is 2.82. The van der Waals surface area contributed by atoms with Crippen molar-refractivity contribution in [2.24, 2.45) is 5.92 Å². The summed E-state index contributed by atoms with van der Waals surface area (Å²) < 4.78 is 5.17. The summed E-state index contributed by atoms with van der Waals surface area (Å²) in [6.07, 6.45) is 2.73. The number of rotatable bonds is 6. The van der Waals surface area contributed by atoms with Gasteiger partial charge in [0, 0.05) is 19.6 Å². The van der Waals surface area contributed by atoms with E-state index in [1.54, 1.807) is 7.11 Å². The smallest absolute Gasteiger partial charge is 0.232 e. The molecule has 1 aliphatic rings. The second kappa shape index (κ2) is 8.56. The van der Waals surface area contributed by atoms with Crippen molar-refractivity contribution < 1.29 is 14.3 Å². The van der Waals surface area contributed by atoms with Gasteiger partial charge >= 0.3 is 0 Å². The number of nitrogens with one attached hydrogen (secondary N) is 1. The minimum Gasteiger partial charge on any atom is -0.497 e. The average molecular weight is 318 g/mol. The highest BCUT2D eigenvalue weighted by Gasteiger charge is 2.21. The number of carbonyl (C=O) groups is 2. The summed E-state index contributed by atoms with van der Waals surface area (Å²) in [5.74, 6) is 1.23. The molecule has 1 saturated heterocycles. The lowest BCUT2D eigenvalue weighted by atomic mass is 9.99. The van der Waals surface area contributed by atoms with Crippen LogP contribution >= 0.6 is 0 Å². The second-order valence-electron chi connectivity index (χ2n) is 6.19. The highest BCUT2D eigenvalue weighted by atomic mass is 16.5. The van der Waals surface area contributed by atoms with Crippen LogP contribution in [-0.2, 0) is 16.0 Å². The predicted octanol–water partition coefficient (Wildman–Crippen LogP) is 2.00. The molecular weight excluding hydrogens is 292 g/mol. The highest BCUT2D eigenvalue weighted by Crippen LogP contribution is 2.16. The summed E-state index contributed by atoms with van der Waals surface area (Å²) >= 11 is 0. The SMILES string of the molecule is COc1cccc(CCNC(=O)CC(=O)N2CCC(C)CC2)c1. The number of benzene rings is 1. The van der Waals surface area contributed by atoms with Crippen LogP contribution in [0.2, 0.25) is 0 Å². The summed E-state index contributed by atoms with van der Waals surface area (Å²) in [6.45, 7) is 4.28. The Morgan fingerprint density at radius 3 is 2.74 bits per heavy atom. The molecule has 5 heteroatoms. The Kier molecular flexibility index (Phi) is 6.44. The van der Waals surface area contributed by atoms with E-state index in [1.807, 2.05) is 29.2 Å². The minimum atomic E-state index is -0.198. The molecule has 126 valence electrons. The molecule has 0 bridgehead atoms. The molecule has 5 nitrogen and oxygen atoms in total. The lowest BCUT2D eigenvalue weighted by molar-refractivity contribution is -0.137. The Bertz CT molecular complexity index is 537. The van der Waals surface area contributed by atoms with E-state index in [0.29, 0.717) is 12.5 Å². The average Bonchev–Trinajstić information content (AvgIpc) is 2.55. The second-order valence-corrected chi connectivity index (χ2v) is 6.19. The van der Waals surface area contributed by atoms with Crippen molar-refractivity contribution in [2.75, 3.05) is 26.7 Å². The van der Waals surface area contributed by atoms with E-state index >= 15 is 0 Å². The Balaban J connectivity index is 1.69. The van der Waals surface area contributed by atoms with E-state index in [4.69, 9.17) is 4.74 Å². The molecule has 0 spiro atoms. The van der Waals surface area contributed by atoms with Gasteiger partial charge in [-0.05, 0) is 42.9 Å².